The van der Waals surface area contributed by atoms with Gasteiger partial charge in [0.1, 0.15) is 0 Å². The molecule has 0 aliphatic rings. The number of carbonyl (C=O) groups is 1. The van der Waals surface area contributed by atoms with E-state index in [9.17, 15) is 4.79 Å². The molecule has 0 atom stereocenters. The van der Waals surface area contributed by atoms with Gasteiger partial charge in [0.15, 0.2) is 0 Å². The molecule has 0 spiro atoms. The van der Waals surface area contributed by atoms with Gasteiger partial charge in [-0.05, 0) is 0 Å². The number of hydrogen-bond acceptors (Lipinski definition) is 1. The largest absolute Gasteiger partial charge is 0.386 e. The van der Waals surface area contributed by atoms with Crippen LogP contribution in [0.2, 0.25) is 0 Å². The van der Waals surface area contributed by atoms with Gasteiger partial charge in [-0.25, -0.2) is 0 Å². The van der Waals surface area contributed by atoms with Crippen molar-refractivity contribution < 1.29 is 25.9 Å². The van der Waals surface area contributed by atoms with Gasteiger partial charge in [-0.1, -0.05) is 0 Å². The molecule has 0 aromatic carbocycles. The zero-order chi connectivity index (χ0) is 4.99. The molecule has 0 aromatic heterocycles. The number of hydrogen-bond donors (Lipinski definition) is 1. The smallest absolute Gasteiger partial charge is 0.214 e. The molecule has 7 heavy (non-hydrogen) atoms. The van der Waals surface area contributed by atoms with Crippen molar-refractivity contribution in [2.45, 2.75) is 6.92 Å². The minimum atomic E-state index is -0.0231. The van der Waals surface area contributed by atoms with Crippen molar-refractivity contribution in [3.63, 3.8) is 0 Å². The van der Waals surface area contributed by atoms with Crippen molar-refractivity contribution in [1.29, 1.82) is 0 Å². The Kier molecular flexibility index (Phi) is 8.98. The van der Waals surface area contributed by atoms with E-state index in [1.54, 1.807) is 0 Å². The van der Waals surface area contributed by atoms with E-state index in [2.05, 4.69) is 12.2 Å². The van der Waals surface area contributed by atoms with Gasteiger partial charge >= 0.3 is 0 Å². The van der Waals surface area contributed by atoms with Crippen LogP contribution in [0.4, 0.5) is 0 Å². The molecule has 0 fully saturated rings. The first-order valence-electron chi connectivity index (χ1n) is 1.81. The summed E-state index contributed by atoms with van der Waals surface area (Å²) in [7, 11) is 0. The second-order valence-electron chi connectivity index (χ2n) is 0.983. The zero-order valence-corrected chi connectivity index (χ0v) is 7.16. The molecule has 0 aliphatic heterocycles. The van der Waals surface area contributed by atoms with Crippen LogP contribution in [0.1, 0.15) is 6.92 Å². The van der Waals surface area contributed by atoms with Crippen LogP contribution in [0.15, 0.2) is 0 Å². The van der Waals surface area contributed by atoms with E-state index in [1.165, 1.54) is 6.92 Å². The molecule has 0 saturated carbocycles. The Morgan fingerprint density at radius 2 is 2.29 bits per heavy atom. The summed E-state index contributed by atoms with van der Waals surface area (Å²) < 4.78 is 0. The molecule has 0 aliphatic carbocycles. The Hall–Kier alpha value is 0.158. The predicted molar refractivity (Wildman–Crippen MR) is 24.0 cm³/mol. The maximum Gasteiger partial charge on any atom is 0.214 e. The Morgan fingerprint density at radius 1 is 1.86 bits per heavy atom. The summed E-state index contributed by atoms with van der Waals surface area (Å²) in [5.41, 5.74) is 0. The third kappa shape index (κ3) is 10.7. The summed E-state index contributed by atoms with van der Waals surface area (Å²) in [6.07, 6.45) is 0. The van der Waals surface area contributed by atoms with Gasteiger partial charge in [0.2, 0.25) is 5.91 Å². The number of carbonyl (C=O) groups excluding carboxylic acids is 1. The van der Waals surface area contributed by atoms with Crippen molar-refractivity contribution in [3.05, 3.63) is 6.92 Å². The Bertz CT molecular complexity index is 55.7. The third-order valence-corrected chi connectivity index (χ3v) is 0.374. The molecule has 0 aromatic rings. The minimum Gasteiger partial charge on any atom is -0.386 e. The van der Waals surface area contributed by atoms with E-state index >= 15 is 0 Å². The van der Waals surface area contributed by atoms with Gasteiger partial charge < -0.3 is 12.2 Å². The number of rotatable bonds is 1. The van der Waals surface area contributed by atoms with Gasteiger partial charge in [0.05, 0.1) is 0 Å². The normalized spacial score (nSPS) is 6.57. The van der Waals surface area contributed by atoms with Crippen LogP contribution in [0, 0.1) is 6.92 Å². The minimum absolute atomic E-state index is 0. The molecule has 0 unspecified atom stereocenters. The molecule has 0 radical (unpaired) electrons. The van der Waals surface area contributed by atoms with Crippen LogP contribution in [0.3, 0.4) is 0 Å². The fourth-order valence-corrected chi connectivity index (χ4v) is 0.176. The molecule has 2 nitrogen and oxygen atoms in total. The molecule has 3 heteroatoms. The first-order valence-corrected chi connectivity index (χ1v) is 1.81. The van der Waals surface area contributed by atoms with Crippen molar-refractivity contribution >= 4 is 5.91 Å². The van der Waals surface area contributed by atoms with Crippen molar-refractivity contribution in [2.75, 3.05) is 6.54 Å². The summed E-state index contributed by atoms with van der Waals surface area (Å²) in [5.74, 6) is -0.0231. The second-order valence-corrected chi connectivity index (χ2v) is 0.983. The summed E-state index contributed by atoms with van der Waals surface area (Å²) in [4.78, 5) is 9.89. The van der Waals surface area contributed by atoms with E-state index in [1.807, 2.05) is 0 Å². The van der Waals surface area contributed by atoms with Crippen LogP contribution in [0.25, 0.3) is 0 Å². The summed E-state index contributed by atoms with van der Waals surface area (Å²) >= 11 is 0. The van der Waals surface area contributed by atoms with Gasteiger partial charge in [0, 0.05) is 28.0 Å². The molecule has 0 heterocycles. The fourth-order valence-electron chi connectivity index (χ4n) is 0.176. The van der Waals surface area contributed by atoms with E-state index in [0.717, 1.165) is 0 Å². The zero-order valence-electron chi connectivity index (χ0n) is 4.23. The fraction of sp³-hybridized carbons (Fsp3) is 0.500. The average molecular weight is 270 g/mol. The first-order chi connectivity index (χ1) is 2.77. The van der Waals surface area contributed by atoms with Gasteiger partial charge in [-0.2, -0.15) is 0 Å². The van der Waals surface area contributed by atoms with E-state index in [0.29, 0.717) is 6.54 Å². The maximum absolute atomic E-state index is 9.89. The quantitative estimate of drug-likeness (QED) is 0.665. The first kappa shape index (κ1) is 10.2. The van der Waals surface area contributed by atoms with Crippen LogP contribution in [-0.2, 0) is 25.9 Å². The van der Waals surface area contributed by atoms with E-state index < -0.39 is 0 Å². The van der Waals surface area contributed by atoms with Crippen molar-refractivity contribution in [3.8, 4) is 0 Å². The van der Waals surface area contributed by atoms with Crippen molar-refractivity contribution in [1.82, 2.24) is 5.32 Å². The van der Waals surface area contributed by atoms with E-state index in [-0.39, 0.29) is 27.0 Å². The van der Waals surface area contributed by atoms with Gasteiger partial charge in [-0.3, -0.25) is 4.79 Å². The van der Waals surface area contributed by atoms with Crippen LogP contribution < -0.4 is 5.32 Å². The van der Waals surface area contributed by atoms with Crippen LogP contribution in [-0.4, -0.2) is 12.5 Å². The summed E-state index contributed by atoms with van der Waals surface area (Å²) in [5, 5.41) is 2.46. The Balaban J connectivity index is 0. The molecule has 0 bridgehead atoms. The average Bonchev–Trinajstić information content (AvgIpc) is 1.35. The third-order valence-electron chi connectivity index (χ3n) is 0.374. The van der Waals surface area contributed by atoms with Crippen LogP contribution >= 0.6 is 0 Å². The molecular formula is C4H8NOW-. The number of nitrogens with one attached hydrogen (secondary N) is 1. The van der Waals surface area contributed by atoms with Crippen LogP contribution in [0.5, 0.6) is 0 Å². The molecule has 0 saturated heterocycles. The number of amides is 1. The molecule has 42 valence electrons. The molecular weight excluding hydrogens is 262 g/mol. The SMILES string of the molecule is [CH2-]CNC(C)=O.[W]. The molecule has 0 rings (SSSR count). The Morgan fingerprint density at radius 3 is 2.29 bits per heavy atom. The van der Waals surface area contributed by atoms with E-state index in [4.69, 9.17) is 0 Å². The van der Waals surface area contributed by atoms with Crippen molar-refractivity contribution in [2.24, 2.45) is 0 Å². The van der Waals surface area contributed by atoms with Gasteiger partial charge in [-0.15, -0.1) is 6.54 Å². The topological polar surface area (TPSA) is 29.1 Å². The maximum atomic E-state index is 9.89. The second kappa shape index (κ2) is 6.16. The molecule has 1 N–H and O–H groups in total. The predicted octanol–water partition coefficient (Wildman–Crippen LogP) is -0.0459. The summed E-state index contributed by atoms with van der Waals surface area (Å²) in [6.45, 7) is 5.34. The summed E-state index contributed by atoms with van der Waals surface area (Å²) in [6, 6.07) is 0. The van der Waals surface area contributed by atoms with Gasteiger partial charge in [0.25, 0.3) is 0 Å². The standard InChI is InChI=1S/C4H8NO.W/c1-3-5-4(2)6;/h1,3H2,2H3,(H,5,6);/q-1;. The Labute approximate surface area is 57.9 Å². The molecule has 1 amide bonds. The monoisotopic (exact) mass is 270 g/mol.